The van der Waals surface area contributed by atoms with Crippen molar-refractivity contribution < 1.29 is 17.9 Å². The second-order valence-corrected chi connectivity index (χ2v) is 7.62. The molecule has 0 atom stereocenters. The van der Waals surface area contributed by atoms with Gasteiger partial charge in [0.05, 0.1) is 17.8 Å². The topological polar surface area (TPSA) is 15.7 Å². The molecule has 1 saturated heterocycles. The van der Waals surface area contributed by atoms with E-state index in [9.17, 15) is 13.2 Å². The molecule has 0 spiro atoms. The Balaban J connectivity index is 1.79. The predicted molar refractivity (Wildman–Crippen MR) is 106 cm³/mol. The van der Waals surface area contributed by atoms with Crippen LogP contribution in [0.15, 0.2) is 42.5 Å². The highest BCUT2D eigenvalue weighted by Crippen LogP contribution is 2.46. The van der Waals surface area contributed by atoms with E-state index in [1.807, 2.05) is 26.0 Å². The molecule has 28 heavy (non-hydrogen) atoms. The minimum atomic E-state index is -4.39. The number of alkyl halides is 3. The maximum atomic E-state index is 13.2. The number of nitrogens with zero attached hydrogens (tertiary/aromatic N) is 2. The number of fused-ring (bicyclic) bond motifs is 1. The van der Waals surface area contributed by atoms with Crippen LogP contribution in [0, 0.1) is 0 Å². The van der Waals surface area contributed by atoms with Crippen molar-refractivity contribution in [2.45, 2.75) is 44.9 Å². The fourth-order valence-corrected chi connectivity index (χ4v) is 3.91. The summed E-state index contributed by atoms with van der Waals surface area (Å²) >= 11 is 0. The van der Waals surface area contributed by atoms with E-state index in [4.69, 9.17) is 4.74 Å². The van der Waals surface area contributed by atoms with E-state index < -0.39 is 17.3 Å². The number of halogens is 3. The number of hydrogen-bond donors (Lipinski definition) is 0. The lowest BCUT2D eigenvalue weighted by atomic mass is 9.93. The zero-order valence-corrected chi connectivity index (χ0v) is 16.2. The van der Waals surface area contributed by atoms with E-state index in [0.29, 0.717) is 18.0 Å². The first-order valence-electron chi connectivity index (χ1n) is 9.88. The standard InChI is InChI=1S/C22H25F3N2O/c1-3-21(4-2)15-27(18-8-5-7-17(14-18)26-11-6-12-26)19-10-9-16(22(23,24)25)13-20(19)28-21/h5,7-10,13-14H,3-4,6,11-12,15H2,1-2H3. The molecule has 0 amide bonds. The van der Waals surface area contributed by atoms with Crippen LogP contribution in [0.3, 0.4) is 0 Å². The van der Waals surface area contributed by atoms with Gasteiger partial charge < -0.3 is 14.5 Å². The smallest absolute Gasteiger partial charge is 0.416 e. The Labute approximate surface area is 163 Å². The third kappa shape index (κ3) is 3.29. The van der Waals surface area contributed by atoms with Gasteiger partial charge in [0.2, 0.25) is 0 Å². The van der Waals surface area contributed by atoms with E-state index >= 15 is 0 Å². The second-order valence-electron chi connectivity index (χ2n) is 7.62. The summed E-state index contributed by atoms with van der Waals surface area (Å²) in [7, 11) is 0. The van der Waals surface area contributed by atoms with Crippen molar-refractivity contribution in [1.82, 2.24) is 0 Å². The quantitative estimate of drug-likeness (QED) is 0.636. The molecule has 4 rings (SSSR count). The van der Waals surface area contributed by atoms with E-state index in [0.717, 1.165) is 49.4 Å². The average Bonchev–Trinajstić information content (AvgIpc) is 2.64. The lowest BCUT2D eigenvalue weighted by molar-refractivity contribution is -0.137. The summed E-state index contributed by atoms with van der Waals surface area (Å²) in [5, 5.41) is 0. The van der Waals surface area contributed by atoms with Crippen LogP contribution in [0.2, 0.25) is 0 Å². The van der Waals surface area contributed by atoms with Gasteiger partial charge >= 0.3 is 6.18 Å². The zero-order chi connectivity index (χ0) is 19.9. The van der Waals surface area contributed by atoms with Gasteiger partial charge in [0.1, 0.15) is 11.4 Å². The lowest BCUT2D eigenvalue weighted by Crippen LogP contribution is -2.48. The van der Waals surface area contributed by atoms with Crippen molar-refractivity contribution in [2.24, 2.45) is 0 Å². The number of rotatable bonds is 4. The normalized spacial score (nSPS) is 18.3. The van der Waals surface area contributed by atoms with Crippen LogP contribution in [-0.4, -0.2) is 25.2 Å². The molecule has 1 fully saturated rings. The molecule has 3 nitrogen and oxygen atoms in total. The highest BCUT2D eigenvalue weighted by atomic mass is 19.4. The van der Waals surface area contributed by atoms with Crippen molar-refractivity contribution in [3.63, 3.8) is 0 Å². The van der Waals surface area contributed by atoms with Gasteiger partial charge in [0.25, 0.3) is 0 Å². The minimum Gasteiger partial charge on any atom is -0.483 e. The molecule has 0 aromatic heterocycles. The molecule has 0 bridgehead atoms. The van der Waals surface area contributed by atoms with Crippen molar-refractivity contribution >= 4 is 17.1 Å². The fourth-order valence-electron chi connectivity index (χ4n) is 3.91. The van der Waals surface area contributed by atoms with Crippen LogP contribution in [0.25, 0.3) is 0 Å². The lowest BCUT2D eigenvalue weighted by Gasteiger charge is -2.44. The SMILES string of the molecule is CCC1(CC)CN(c2cccc(N3CCC3)c2)c2ccc(C(F)(F)F)cc2O1. The van der Waals surface area contributed by atoms with Crippen LogP contribution in [0.1, 0.15) is 38.7 Å². The first-order valence-corrected chi connectivity index (χ1v) is 9.88. The molecule has 0 saturated carbocycles. The molecule has 2 heterocycles. The Morgan fingerprint density at radius 2 is 1.71 bits per heavy atom. The summed E-state index contributed by atoms with van der Waals surface area (Å²) in [6, 6.07) is 12.1. The monoisotopic (exact) mass is 390 g/mol. The molecule has 2 aromatic carbocycles. The summed E-state index contributed by atoms with van der Waals surface area (Å²) in [5.74, 6) is 0.305. The number of benzene rings is 2. The molecule has 6 heteroatoms. The van der Waals surface area contributed by atoms with Gasteiger partial charge in [0, 0.05) is 24.5 Å². The van der Waals surface area contributed by atoms with Gasteiger partial charge in [-0.3, -0.25) is 0 Å². The van der Waals surface area contributed by atoms with Gasteiger partial charge in [-0.25, -0.2) is 0 Å². The molecule has 0 aliphatic carbocycles. The fraction of sp³-hybridized carbons (Fsp3) is 0.455. The maximum absolute atomic E-state index is 13.2. The van der Waals surface area contributed by atoms with Gasteiger partial charge in [-0.1, -0.05) is 19.9 Å². The van der Waals surface area contributed by atoms with E-state index in [-0.39, 0.29) is 0 Å². The van der Waals surface area contributed by atoms with Crippen molar-refractivity contribution in [3.8, 4) is 5.75 Å². The largest absolute Gasteiger partial charge is 0.483 e. The van der Waals surface area contributed by atoms with Gasteiger partial charge in [-0.05, 0) is 55.7 Å². The highest BCUT2D eigenvalue weighted by Gasteiger charge is 2.40. The van der Waals surface area contributed by atoms with Gasteiger partial charge in [0.15, 0.2) is 0 Å². The maximum Gasteiger partial charge on any atom is 0.416 e. The Hall–Kier alpha value is -2.37. The summed E-state index contributed by atoms with van der Waals surface area (Å²) < 4.78 is 45.9. The van der Waals surface area contributed by atoms with E-state index in [1.54, 1.807) is 0 Å². The van der Waals surface area contributed by atoms with Gasteiger partial charge in [-0.2, -0.15) is 13.2 Å². The third-order valence-corrected chi connectivity index (χ3v) is 6.00. The van der Waals surface area contributed by atoms with Crippen LogP contribution in [0.5, 0.6) is 5.75 Å². The van der Waals surface area contributed by atoms with Crippen molar-refractivity contribution in [3.05, 3.63) is 48.0 Å². The Kier molecular flexibility index (Phi) is 4.68. The van der Waals surface area contributed by atoms with E-state index in [1.165, 1.54) is 12.5 Å². The Bertz CT molecular complexity index is 857. The Morgan fingerprint density at radius 3 is 2.32 bits per heavy atom. The zero-order valence-electron chi connectivity index (χ0n) is 16.2. The molecule has 2 aromatic rings. The molecule has 0 radical (unpaired) electrons. The van der Waals surface area contributed by atoms with Crippen molar-refractivity contribution in [1.29, 1.82) is 0 Å². The molecule has 2 aliphatic heterocycles. The van der Waals surface area contributed by atoms with Crippen molar-refractivity contribution in [2.75, 3.05) is 29.4 Å². The summed E-state index contributed by atoms with van der Waals surface area (Å²) in [6.07, 6.45) is -1.75. The van der Waals surface area contributed by atoms with Crippen LogP contribution in [0.4, 0.5) is 30.2 Å². The third-order valence-electron chi connectivity index (χ3n) is 6.00. The highest BCUT2D eigenvalue weighted by molar-refractivity contribution is 5.74. The molecule has 2 aliphatic rings. The number of anilines is 3. The predicted octanol–water partition coefficient (Wildman–Crippen LogP) is 6.00. The van der Waals surface area contributed by atoms with Crippen LogP contribution in [-0.2, 0) is 6.18 Å². The molecule has 150 valence electrons. The van der Waals surface area contributed by atoms with Crippen LogP contribution >= 0.6 is 0 Å². The first kappa shape index (κ1) is 19.0. The molecule has 0 unspecified atom stereocenters. The summed E-state index contributed by atoms with van der Waals surface area (Å²) in [4.78, 5) is 4.42. The Morgan fingerprint density at radius 1 is 1.00 bits per heavy atom. The van der Waals surface area contributed by atoms with Crippen LogP contribution < -0.4 is 14.5 Å². The molecular formula is C22H25F3N2O. The second kappa shape index (κ2) is 6.90. The average molecular weight is 390 g/mol. The summed E-state index contributed by atoms with van der Waals surface area (Å²) in [5.41, 5.74) is 1.64. The summed E-state index contributed by atoms with van der Waals surface area (Å²) in [6.45, 7) is 6.76. The van der Waals surface area contributed by atoms with E-state index in [2.05, 4.69) is 21.9 Å². The number of hydrogen-bond acceptors (Lipinski definition) is 3. The number of ether oxygens (including phenoxy) is 1. The molecule has 0 N–H and O–H groups in total. The molecular weight excluding hydrogens is 365 g/mol. The van der Waals surface area contributed by atoms with Gasteiger partial charge in [-0.15, -0.1) is 0 Å². The first-order chi connectivity index (χ1) is 13.3. The minimum absolute atomic E-state index is 0.305.